The number of rotatable bonds is 5. The zero-order chi connectivity index (χ0) is 17.8. The number of amides is 2. The number of halogens is 1. The van der Waals surface area contributed by atoms with Crippen molar-refractivity contribution in [3.05, 3.63) is 65.5 Å². The van der Waals surface area contributed by atoms with E-state index >= 15 is 0 Å². The van der Waals surface area contributed by atoms with E-state index in [1.54, 1.807) is 19.1 Å². The first kappa shape index (κ1) is 17.2. The highest BCUT2D eigenvalue weighted by molar-refractivity contribution is 5.74. The smallest absolute Gasteiger partial charge is 0.315 e. The molecule has 0 aromatic heterocycles. The summed E-state index contributed by atoms with van der Waals surface area (Å²) in [6.45, 7) is 1.96. The van der Waals surface area contributed by atoms with E-state index in [1.165, 1.54) is 12.1 Å². The molecule has 2 aromatic carbocycles. The van der Waals surface area contributed by atoms with Gasteiger partial charge in [0.2, 0.25) is 0 Å². The van der Waals surface area contributed by atoms with E-state index in [0.717, 1.165) is 11.1 Å². The summed E-state index contributed by atoms with van der Waals surface area (Å²) in [6, 6.07) is 12.9. The Morgan fingerprint density at radius 2 is 2.00 bits per heavy atom. The van der Waals surface area contributed by atoms with Gasteiger partial charge in [-0.05, 0) is 30.2 Å². The summed E-state index contributed by atoms with van der Waals surface area (Å²) in [7, 11) is 0. The second kappa shape index (κ2) is 7.53. The summed E-state index contributed by atoms with van der Waals surface area (Å²) in [4.78, 5) is 12.1. The minimum absolute atomic E-state index is 0.150. The standard InChI is InChI=1S/C19H21FN2O3/c1-12(25-17-9-5-4-8-15(17)20)11-21-19(24)22-18-14-7-3-2-6-13(14)10-16(18)23/h2-9,12,16,18,23H,10-11H2,1H3,(H2,21,22,24). The number of urea groups is 1. The van der Waals surface area contributed by atoms with E-state index in [-0.39, 0.29) is 12.3 Å². The van der Waals surface area contributed by atoms with Gasteiger partial charge in [-0.25, -0.2) is 9.18 Å². The molecule has 0 bridgehead atoms. The van der Waals surface area contributed by atoms with Crippen LogP contribution in [0.2, 0.25) is 0 Å². The maximum atomic E-state index is 13.6. The molecular weight excluding hydrogens is 323 g/mol. The number of hydrogen-bond acceptors (Lipinski definition) is 3. The van der Waals surface area contributed by atoms with Gasteiger partial charge < -0.3 is 20.5 Å². The lowest BCUT2D eigenvalue weighted by Gasteiger charge is -2.20. The molecule has 2 amide bonds. The van der Waals surface area contributed by atoms with Crippen LogP contribution in [-0.4, -0.2) is 29.9 Å². The molecule has 2 aromatic rings. The van der Waals surface area contributed by atoms with Gasteiger partial charge in [0.1, 0.15) is 6.10 Å². The molecule has 0 radical (unpaired) electrons. The Labute approximate surface area is 145 Å². The average Bonchev–Trinajstić information content (AvgIpc) is 2.91. The first-order valence-electron chi connectivity index (χ1n) is 8.26. The highest BCUT2D eigenvalue weighted by atomic mass is 19.1. The molecule has 0 fully saturated rings. The van der Waals surface area contributed by atoms with Crippen LogP contribution in [0.15, 0.2) is 48.5 Å². The largest absolute Gasteiger partial charge is 0.486 e. The summed E-state index contributed by atoms with van der Waals surface area (Å²) in [5.41, 5.74) is 1.97. The average molecular weight is 344 g/mol. The quantitative estimate of drug-likeness (QED) is 0.781. The van der Waals surface area contributed by atoms with Gasteiger partial charge in [0.25, 0.3) is 0 Å². The Bertz CT molecular complexity index is 753. The number of ether oxygens (including phenoxy) is 1. The van der Waals surface area contributed by atoms with E-state index in [1.807, 2.05) is 24.3 Å². The molecule has 6 heteroatoms. The molecule has 3 N–H and O–H groups in total. The van der Waals surface area contributed by atoms with Crippen LogP contribution in [0.25, 0.3) is 0 Å². The van der Waals surface area contributed by atoms with Crippen LogP contribution in [0.3, 0.4) is 0 Å². The van der Waals surface area contributed by atoms with Gasteiger partial charge in [-0.1, -0.05) is 36.4 Å². The fourth-order valence-corrected chi connectivity index (χ4v) is 2.98. The van der Waals surface area contributed by atoms with Gasteiger partial charge in [0, 0.05) is 6.42 Å². The SMILES string of the molecule is CC(CNC(=O)NC1c2ccccc2CC1O)Oc1ccccc1F. The van der Waals surface area contributed by atoms with Crippen molar-refractivity contribution >= 4 is 6.03 Å². The molecule has 3 unspecified atom stereocenters. The van der Waals surface area contributed by atoms with Crippen molar-refractivity contribution in [2.45, 2.75) is 31.6 Å². The van der Waals surface area contributed by atoms with Crippen LogP contribution in [0.4, 0.5) is 9.18 Å². The van der Waals surface area contributed by atoms with Gasteiger partial charge in [-0.3, -0.25) is 0 Å². The Morgan fingerprint density at radius 1 is 1.28 bits per heavy atom. The van der Waals surface area contributed by atoms with Gasteiger partial charge in [-0.2, -0.15) is 0 Å². The predicted molar refractivity (Wildman–Crippen MR) is 91.9 cm³/mol. The van der Waals surface area contributed by atoms with Crippen molar-refractivity contribution in [1.82, 2.24) is 10.6 Å². The molecule has 132 valence electrons. The molecule has 0 heterocycles. The topological polar surface area (TPSA) is 70.6 Å². The monoisotopic (exact) mass is 344 g/mol. The third-order valence-electron chi connectivity index (χ3n) is 4.21. The molecule has 0 saturated carbocycles. The number of hydrogen-bond donors (Lipinski definition) is 3. The minimum atomic E-state index is -0.643. The maximum absolute atomic E-state index is 13.6. The number of carbonyl (C=O) groups is 1. The van der Waals surface area contributed by atoms with Crippen molar-refractivity contribution in [3.63, 3.8) is 0 Å². The molecule has 1 aliphatic carbocycles. The fraction of sp³-hybridized carbons (Fsp3) is 0.316. The van der Waals surface area contributed by atoms with Crippen molar-refractivity contribution in [3.8, 4) is 5.75 Å². The molecule has 0 saturated heterocycles. The predicted octanol–water partition coefficient (Wildman–Crippen LogP) is 2.55. The van der Waals surface area contributed by atoms with Crippen LogP contribution in [0, 0.1) is 5.82 Å². The molecule has 0 aliphatic heterocycles. The highest BCUT2D eigenvalue weighted by Gasteiger charge is 2.31. The molecular formula is C19H21FN2O3. The van der Waals surface area contributed by atoms with Gasteiger partial charge >= 0.3 is 6.03 Å². The fourth-order valence-electron chi connectivity index (χ4n) is 2.98. The minimum Gasteiger partial charge on any atom is -0.486 e. The van der Waals surface area contributed by atoms with E-state index in [4.69, 9.17) is 4.74 Å². The van der Waals surface area contributed by atoms with Crippen LogP contribution in [-0.2, 0) is 6.42 Å². The van der Waals surface area contributed by atoms with Crippen LogP contribution in [0.5, 0.6) is 5.75 Å². The molecule has 3 rings (SSSR count). The maximum Gasteiger partial charge on any atom is 0.315 e. The number of aliphatic hydroxyl groups excluding tert-OH is 1. The Morgan fingerprint density at radius 3 is 2.80 bits per heavy atom. The third kappa shape index (κ3) is 4.09. The number of carbonyl (C=O) groups excluding carboxylic acids is 1. The molecule has 0 spiro atoms. The van der Waals surface area contributed by atoms with Crippen LogP contribution >= 0.6 is 0 Å². The zero-order valence-corrected chi connectivity index (χ0v) is 13.9. The Hall–Kier alpha value is -2.60. The first-order valence-corrected chi connectivity index (χ1v) is 8.26. The summed E-state index contributed by atoms with van der Waals surface area (Å²) in [5, 5.41) is 15.6. The molecule has 5 nitrogen and oxygen atoms in total. The molecule has 3 atom stereocenters. The third-order valence-corrected chi connectivity index (χ3v) is 4.21. The van der Waals surface area contributed by atoms with Gasteiger partial charge in [0.05, 0.1) is 18.7 Å². The number of aliphatic hydroxyl groups is 1. The second-order valence-corrected chi connectivity index (χ2v) is 6.16. The second-order valence-electron chi connectivity index (χ2n) is 6.16. The van der Waals surface area contributed by atoms with Crippen molar-refractivity contribution in [1.29, 1.82) is 0 Å². The molecule has 1 aliphatic rings. The van der Waals surface area contributed by atoms with Gasteiger partial charge in [-0.15, -0.1) is 0 Å². The number of nitrogens with one attached hydrogen (secondary N) is 2. The number of benzene rings is 2. The summed E-state index contributed by atoms with van der Waals surface area (Å²) in [5.74, 6) is -0.290. The lowest BCUT2D eigenvalue weighted by Crippen LogP contribution is -2.43. The summed E-state index contributed by atoms with van der Waals surface area (Å²) in [6.07, 6.45) is -0.521. The van der Waals surface area contributed by atoms with E-state index in [9.17, 15) is 14.3 Å². The van der Waals surface area contributed by atoms with Gasteiger partial charge in [0.15, 0.2) is 11.6 Å². The number of fused-ring (bicyclic) bond motifs is 1. The normalized spacial score (nSPS) is 19.8. The van der Waals surface area contributed by atoms with E-state index in [2.05, 4.69) is 10.6 Å². The van der Waals surface area contributed by atoms with Crippen molar-refractivity contribution in [2.75, 3.05) is 6.54 Å². The Kier molecular flexibility index (Phi) is 5.19. The van der Waals surface area contributed by atoms with Crippen LogP contribution < -0.4 is 15.4 Å². The zero-order valence-electron chi connectivity index (χ0n) is 13.9. The lowest BCUT2D eigenvalue weighted by molar-refractivity contribution is 0.141. The van der Waals surface area contributed by atoms with E-state index in [0.29, 0.717) is 6.42 Å². The Balaban J connectivity index is 1.51. The summed E-state index contributed by atoms with van der Waals surface area (Å²) >= 11 is 0. The highest BCUT2D eigenvalue weighted by Crippen LogP contribution is 2.31. The number of para-hydroxylation sites is 1. The first-order chi connectivity index (χ1) is 12.0. The van der Waals surface area contributed by atoms with Crippen molar-refractivity contribution in [2.24, 2.45) is 0 Å². The van der Waals surface area contributed by atoms with E-state index < -0.39 is 30.1 Å². The molecule has 25 heavy (non-hydrogen) atoms. The summed E-state index contributed by atoms with van der Waals surface area (Å²) < 4.78 is 19.0. The van der Waals surface area contributed by atoms with Crippen LogP contribution in [0.1, 0.15) is 24.1 Å². The van der Waals surface area contributed by atoms with Crippen molar-refractivity contribution < 1.29 is 19.0 Å². The lowest BCUT2D eigenvalue weighted by atomic mass is 10.1.